The average Bonchev–Trinajstić information content (AvgIpc) is 2.88. The second-order valence-electron chi connectivity index (χ2n) is 4.37. The molecule has 0 saturated heterocycles. The Morgan fingerprint density at radius 3 is 2.60 bits per heavy atom. The minimum atomic E-state index is -0.145. The van der Waals surface area contributed by atoms with Gasteiger partial charge in [0.2, 0.25) is 11.9 Å². The summed E-state index contributed by atoms with van der Waals surface area (Å²) < 4.78 is 0. The van der Waals surface area contributed by atoms with Gasteiger partial charge in [-0.05, 0) is 24.3 Å². The van der Waals surface area contributed by atoms with Crippen molar-refractivity contribution in [1.82, 2.24) is 9.97 Å². The lowest BCUT2D eigenvalue weighted by Crippen LogP contribution is -2.22. The van der Waals surface area contributed by atoms with E-state index >= 15 is 0 Å². The quantitative estimate of drug-likeness (QED) is 0.680. The Kier molecular flexibility index (Phi) is 3.33. The number of hydrogen-bond acceptors (Lipinski definition) is 3. The second-order valence-corrected chi connectivity index (χ2v) is 4.37. The highest BCUT2D eigenvalue weighted by Gasteiger charge is 2.06. The SMILES string of the molecule is O=C(CNc1ccccc1)Nc1nc2ccccc2[nH]1. The van der Waals surface area contributed by atoms with Crippen LogP contribution in [-0.4, -0.2) is 22.4 Å². The van der Waals surface area contributed by atoms with Gasteiger partial charge in [-0.25, -0.2) is 4.98 Å². The van der Waals surface area contributed by atoms with Crippen LogP contribution >= 0.6 is 0 Å². The largest absolute Gasteiger partial charge is 0.376 e. The third kappa shape index (κ3) is 2.77. The lowest BCUT2D eigenvalue weighted by atomic mass is 10.3. The van der Waals surface area contributed by atoms with E-state index in [0.717, 1.165) is 16.7 Å². The molecule has 0 bridgehead atoms. The Hall–Kier alpha value is -2.82. The van der Waals surface area contributed by atoms with Gasteiger partial charge in [-0.3, -0.25) is 10.1 Å². The molecule has 0 aliphatic heterocycles. The molecule has 0 aliphatic rings. The minimum absolute atomic E-state index is 0.145. The van der Waals surface area contributed by atoms with Gasteiger partial charge in [-0.15, -0.1) is 0 Å². The number of rotatable bonds is 4. The van der Waals surface area contributed by atoms with Crippen molar-refractivity contribution in [3.05, 3.63) is 54.6 Å². The maximum Gasteiger partial charge on any atom is 0.245 e. The molecular weight excluding hydrogens is 252 g/mol. The fourth-order valence-corrected chi connectivity index (χ4v) is 1.93. The van der Waals surface area contributed by atoms with Crippen LogP contribution in [0.5, 0.6) is 0 Å². The van der Waals surface area contributed by atoms with Gasteiger partial charge in [0, 0.05) is 5.69 Å². The fraction of sp³-hybridized carbons (Fsp3) is 0.0667. The predicted molar refractivity (Wildman–Crippen MR) is 79.7 cm³/mol. The summed E-state index contributed by atoms with van der Waals surface area (Å²) in [6.07, 6.45) is 0. The summed E-state index contributed by atoms with van der Waals surface area (Å²) in [4.78, 5) is 19.2. The van der Waals surface area contributed by atoms with Gasteiger partial charge < -0.3 is 10.3 Å². The number of aromatic amines is 1. The van der Waals surface area contributed by atoms with E-state index in [0.29, 0.717) is 5.95 Å². The van der Waals surface area contributed by atoms with E-state index in [9.17, 15) is 4.79 Å². The third-order valence-electron chi connectivity index (χ3n) is 2.87. The summed E-state index contributed by atoms with van der Waals surface area (Å²) in [7, 11) is 0. The molecule has 0 unspecified atom stereocenters. The highest BCUT2D eigenvalue weighted by Crippen LogP contribution is 2.13. The van der Waals surface area contributed by atoms with Crippen molar-refractivity contribution in [2.24, 2.45) is 0 Å². The molecule has 0 aliphatic carbocycles. The van der Waals surface area contributed by atoms with Crippen LogP contribution < -0.4 is 10.6 Å². The Labute approximate surface area is 116 Å². The van der Waals surface area contributed by atoms with Gasteiger partial charge >= 0.3 is 0 Å². The van der Waals surface area contributed by atoms with Crippen molar-refractivity contribution in [3.8, 4) is 0 Å². The van der Waals surface area contributed by atoms with Crippen molar-refractivity contribution in [1.29, 1.82) is 0 Å². The highest BCUT2D eigenvalue weighted by molar-refractivity contribution is 5.93. The number of carbonyl (C=O) groups excluding carboxylic acids is 1. The standard InChI is InChI=1S/C15H14N4O/c20-14(10-16-11-6-2-1-3-7-11)19-15-17-12-8-4-5-9-13(12)18-15/h1-9,16H,10H2,(H2,17,18,19,20). The van der Waals surface area contributed by atoms with Crippen LogP contribution in [-0.2, 0) is 4.79 Å². The summed E-state index contributed by atoms with van der Waals surface area (Å²) in [5.41, 5.74) is 2.64. The number of fused-ring (bicyclic) bond motifs is 1. The van der Waals surface area contributed by atoms with Gasteiger partial charge in [0.1, 0.15) is 0 Å². The number of hydrogen-bond donors (Lipinski definition) is 3. The molecule has 100 valence electrons. The number of benzene rings is 2. The van der Waals surface area contributed by atoms with Crippen LogP contribution in [0, 0.1) is 0 Å². The summed E-state index contributed by atoms with van der Waals surface area (Å²) in [5, 5.41) is 5.78. The topological polar surface area (TPSA) is 69.8 Å². The molecule has 0 atom stereocenters. The van der Waals surface area contributed by atoms with Crippen molar-refractivity contribution in [2.75, 3.05) is 17.2 Å². The molecule has 5 nitrogen and oxygen atoms in total. The van der Waals surface area contributed by atoms with Crippen molar-refractivity contribution < 1.29 is 4.79 Å². The molecule has 1 aromatic heterocycles. The van der Waals surface area contributed by atoms with E-state index in [1.54, 1.807) is 0 Å². The van der Waals surface area contributed by atoms with E-state index in [-0.39, 0.29) is 12.5 Å². The first kappa shape index (κ1) is 12.2. The number of amides is 1. The zero-order valence-corrected chi connectivity index (χ0v) is 10.8. The monoisotopic (exact) mass is 266 g/mol. The smallest absolute Gasteiger partial charge is 0.245 e. The normalized spacial score (nSPS) is 10.4. The Morgan fingerprint density at radius 1 is 1.05 bits per heavy atom. The molecule has 0 spiro atoms. The van der Waals surface area contributed by atoms with Gasteiger partial charge in [-0.1, -0.05) is 30.3 Å². The molecule has 2 aromatic carbocycles. The number of nitrogens with zero attached hydrogens (tertiary/aromatic N) is 1. The minimum Gasteiger partial charge on any atom is -0.376 e. The van der Waals surface area contributed by atoms with Crippen LogP contribution in [0.3, 0.4) is 0 Å². The number of carbonyl (C=O) groups is 1. The van der Waals surface area contributed by atoms with Gasteiger partial charge in [-0.2, -0.15) is 0 Å². The molecule has 0 saturated carbocycles. The Balaban J connectivity index is 1.61. The van der Waals surface area contributed by atoms with E-state index in [2.05, 4.69) is 20.6 Å². The van der Waals surface area contributed by atoms with Crippen LogP contribution in [0.15, 0.2) is 54.6 Å². The van der Waals surface area contributed by atoms with Gasteiger partial charge in [0.25, 0.3) is 0 Å². The number of imidazole rings is 1. The van der Waals surface area contributed by atoms with Crippen molar-refractivity contribution in [2.45, 2.75) is 0 Å². The lowest BCUT2D eigenvalue weighted by molar-refractivity contribution is -0.114. The summed E-state index contributed by atoms with van der Waals surface area (Å²) in [5.74, 6) is 0.318. The Morgan fingerprint density at radius 2 is 1.80 bits per heavy atom. The van der Waals surface area contributed by atoms with Crippen molar-refractivity contribution >= 4 is 28.6 Å². The molecule has 3 N–H and O–H groups in total. The summed E-state index contributed by atoms with van der Waals surface area (Å²) in [6.45, 7) is 0.195. The zero-order valence-electron chi connectivity index (χ0n) is 10.8. The van der Waals surface area contributed by atoms with Crippen LogP contribution in [0.25, 0.3) is 11.0 Å². The fourth-order valence-electron chi connectivity index (χ4n) is 1.93. The third-order valence-corrected chi connectivity index (χ3v) is 2.87. The molecule has 1 heterocycles. The van der Waals surface area contributed by atoms with Crippen LogP contribution in [0.1, 0.15) is 0 Å². The molecule has 0 fully saturated rings. The summed E-state index contributed by atoms with van der Waals surface area (Å²) in [6, 6.07) is 17.2. The first-order valence-electron chi connectivity index (χ1n) is 6.35. The molecule has 5 heteroatoms. The first-order valence-corrected chi connectivity index (χ1v) is 6.35. The maximum atomic E-state index is 11.8. The molecule has 0 radical (unpaired) electrons. The molecular formula is C15H14N4O. The number of H-pyrrole nitrogens is 1. The zero-order chi connectivity index (χ0) is 13.8. The van der Waals surface area contributed by atoms with Crippen LogP contribution in [0.4, 0.5) is 11.6 Å². The van der Waals surface area contributed by atoms with Gasteiger partial charge in [0.05, 0.1) is 17.6 Å². The van der Waals surface area contributed by atoms with E-state index < -0.39 is 0 Å². The molecule has 1 amide bonds. The average molecular weight is 266 g/mol. The molecule has 20 heavy (non-hydrogen) atoms. The lowest BCUT2D eigenvalue weighted by Gasteiger charge is -2.05. The van der Waals surface area contributed by atoms with Crippen molar-refractivity contribution in [3.63, 3.8) is 0 Å². The summed E-state index contributed by atoms with van der Waals surface area (Å²) >= 11 is 0. The number of anilines is 2. The molecule has 3 rings (SSSR count). The first-order chi connectivity index (χ1) is 9.81. The number of aromatic nitrogens is 2. The van der Waals surface area contributed by atoms with E-state index in [4.69, 9.17) is 0 Å². The number of para-hydroxylation sites is 3. The second kappa shape index (κ2) is 5.44. The van der Waals surface area contributed by atoms with E-state index in [1.165, 1.54) is 0 Å². The van der Waals surface area contributed by atoms with Crippen LogP contribution in [0.2, 0.25) is 0 Å². The van der Waals surface area contributed by atoms with Gasteiger partial charge in [0.15, 0.2) is 0 Å². The highest BCUT2D eigenvalue weighted by atomic mass is 16.2. The molecule has 3 aromatic rings. The Bertz CT molecular complexity index is 688. The predicted octanol–water partition coefficient (Wildman–Crippen LogP) is 2.61. The van der Waals surface area contributed by atoms with E-state index in [1.807, 2.05) is 54.6 Å². The number of nitrogens with one attached hydrogen (secondary N) is 3. The maximum absolute atomic E-state index is 11.8.